The molecule has 0 amide bonds. The highest BCUT2D eigenvalue weighted by atomic mass is 35.5. The number of hydrogen-bond acceptors (Lipinski definition) is 2. The first-order valence-corrected chi connectivity index (χ1v) is 7.76. The lowest BCUT2D eigenvalue weighted by atomic mass is 9.87. The summed E-state index contributed by atoms with van der Waals surface area (Å²) in [4.78, 5) is 0. The van der Waals surface area contributed by atoms with Crippen molar-refractivity contribution in [2.45, 2.75) is 57.2 Å². The summed E-state index contributed by atoms with van der Waals surface area (Å²) < 4.78 is 6.13. The molecule has 1 aliphatic carbocycles. The maximum Gasteiger partial charge on any atom is 0.125 e. The van der Waals surface area contributed by atoms with E-state index in [1.54, 1.807) is 0 Å². The third kappa shape index (κ3) is 2.90. The highest BCUT2D eigenvalue weighted by Crippen LogP contribution is 2.40. The van der Waals surface area contributed by atoms with Gasteiger partial charge in [0.05, 0.1) is 6.10 Å². The zero-order valence-corrected chi connectivity index (χ0v) is 11.9. The van der Waals surface area contributed by atoms with Gasteiger partial charge in [-0.05, 0) is 37.0 Å². The lowest BCUT2D eigenvalue weighted by molar-refractivity contribution is 0.0297. The molecular formula is C16H21ClO2. The number of aliphatic hydroxyl groups is 1. The molecular weight excluding hydrogens is 260 g/mol. The van der Waals surface area contributed by atoms with Crippen molar-refractivity contribution in [3.8, 4) is 5.75 Å². The van der Waals surface area contributed by atoms with Crippen LogP contribution in [0.4, 0.5) is 0 Å². The maximum absolute atomic E-state index is 10.3. The van der Waals surface area contributed by atoms with E-state index in [1.165, 1.54) is 38.5 Å². The Balaban J connectivity index is 1.78. The molecule has 1 aromatic rings. The summed E-state index contributed by atoms with van der Waals surface area (Å²) in [6.07, 6.45) is 8.20. The van der Waals surface area contributed by atoms with Gasteiger partial charge in [0.25, 0.3) is 0 Å². The van der Waals surface area contributed by atoms with Crippen LogP contribution in [0.1, 0.15) is 56.6 Å². The number of fused-ring (bicyclic) bond motifs is 1. The van der Waals surface area contributed by atoms with Crippen molar-refractivity contribution in [1.82, 2.24) is 0 Å². The number of rotatable bonds is 1. The van der Waals surface area contributed by atoms with Gasteiger partial charge in [0, 0.05) is 17.0 Å². The van der Waals surface area contributed by atoms with Gasteiger partial charge in [-0.15, -0.1) is 0 Å². The van der Waals surface area contributed by atoms with E-state index in [2.05, 4.69) is 0 Å². The van der Waals surface area contributed by atoms with Crippen molar-refractivity contribution >= 4 is 11.6 Å². The van der Waals surface area contributed by atoms with Gasteiger partial charge in [-0.3, -0.25) is 0 Å². The van der Waals surface area contributed by atoms with E-state index in [-0.39, 0.29) is 6.10 Å². The average molecular weight is 281 g/mol. The summed E-state index contributed by atoms with van der Waals surface area (Å²) in [6.45, 7) is 0. The zero-order chi connectivity index (χ0) is 13.2. The van der Waals surface area contributed by atoms with Crippen molar-refractivity contribution in [1.29, 1.82) is 0 Å². The third-order valence-corrected chi connectivity index (χ3v) is 4.73. The van der Waals surface area contributed by atoms with Gasteiger partial charge in [0.1, 0.15) is 11.9 Å². The number of benzene rings is 1. The number of hydrogen-bond donors (Lipinski definition) is 1. The molecule has 104 valence electrons. The Bertz CT molecular complexity index is 438. The largest absolute Gasteiger partial charge is 0.490 e. The van der Waals surface area contributed by atoms with E-state index in [4.69, 9.17) is 16.3 Å². The summed E-state index contributed by atoms with van der Waals surface area (Å²) in [6, 6.07) is 5.55. The van der Waals surface area contributed by atoms with Crippen LogP contribution < -0.4 is 4.74 Å². The van der Waals surface area contributed by atoms with Crippen LogP contribution in [0.3, 0.4) is 0 Å². The molecule has 2 nitrogen and oxygen atoms in total. The molecule has 1 aromatic carbocycles. The van der Waals surface area contributed by atoms with E-state index in [9.17, 15) is 5.11 Å². The van der Waals surface area contributed by atoms with Gasteiger partial charge in [-0.2, -0.15) is 0 Å². The van der Waals surface area contributed by atoms with Crippen LogP contribution in [0.2, 0.25) is 5.02 Å². The summed E-state index contributed by atoms with van der Waals surface area (Å²) in [5.74, 6) is 1.42. The molecule has 3 heteroatoms. The van der Waals surface area contributed by atoms with E-state index in [0.29, 0.717) is 17.4 Å². The molecule has 1 aliphatic heterocycles. The van der Waals surface area contributed by atoms with Gasteiger partial charge in [-0.25, -0.2) is 0 Å². The molecule has 2 aliphatic rings. The maximum atomic E-state index is 10.3. The van der Waals surface area contributed by atoms with Crippen molar-refractivity contribution in [2.24, 2.45) is 5.92 Å². The zero-order valence-electron chi connectivity index (χ0n) is 11.1. The SMILES string of the molecule is O[C@@H]1CC(C2CCCCCC2)Oc2ccc(Cl)cc21. The first-order valence-electron chi connectivity index (χ1n) is 7.38. The summed E-state index contributed by atoms with van der Waals surface area (Å²) in [5, 5.41) is 11.0. The van der Waals surface area contributed by atoms with Crippen molar-refractivity contribution in [3.63, 3.8) is 0 Å². The molecule has 0 aromatic heterocycles. The third-order valence-electron chi connectivity index (χ3n) is 4.49. The molecule has 0 spiro atoms. The van der Waals surface area contributed by atoms with Crippen molar-refractivity contribution in [2.75, 3.05) is 0 Å². The molecule has 0 saturated heterocycles. The number of ether oxygens (including phenoxy) is 1. The molecule has 0 radical (unpaired) electrons. The van der Waals surface area contributed by atoms with Crippen molar-refractivity contribution < 1.29 is 9.84 Å². The normalized spacial score (nSPS) is 28.3. The predicted molar refractivity (Wildman–Crippen MR) is 76.6 cm³/mol. The molecule has 2 atom stereocenters. The molecule has 1 saturated carbocycles. The fourth-order valence-corrected chi connectivity index (χ4v) is 3.60. The summed E-state index contributed by atoms with van der Waals surface area (Å²) in [7, 11) is 0. The second-order valence-electron chi connectivity index (χ2n) is 5.84. The molecule has 1 fully saturated rings. The smallest absolute Gasteiger partial charge is 0.125 e. The minimum absolute atomic E-state index is 0.168. The minimum atomic E-state index is -0.435. The summed E-state index contributed by atoms with van der Waals surface area (Å²) >= 11 is 5.98. The van der Waals surface area contributed by atoms with E-state index in [1.807, 2.05) is 18.2 Å². The monoisotopic (exact) mass is 280 g/mol. The first-order chi connectivity index (χ1) is 9.24. The lowest BCUT2D eigenvalue weighted by Crippen LogP contribution is -2.32. The Morgan fingerprint density at radius 2 is 1.84 bits per heavy atom. The van der Waals surface area contributed by atoms with Gasteiger partial charge >= 0.3 is 0 Å². The quantitative estimate of drug-likeness (QED) is 0.768. The van der Waals surface area contributed by atoms with Gasteiger partial charge in [0.2, 0.25) is 0 Å². The van der Waals surface area contributed by atoms with Gasteiger partial charge < -0.3 is 9.84 Å². The highest BCUT2D eigenvalue weighted by Gasteiger charge is 2.32. The molecule has 0 bridgehead atoms. The van der Waals surface area contributed by atoms with E-state index in [0.717, 1.165) is 11.3 Å². The Labute approximate surface area is 119 Å². The second kappa shape index (κ2) is 5.72. The molecule has 1 N–H and O–H groups in total. The standard InChI is InChI=1S/C16H21ClO2/c17-12-7-8-15-13(9-12)14(18)10-16(19-15)11-5-3-1-2-4-6-11/h7-9,11,14,16,18H,1-6,10H2/t14-,16?/m1/s1. The van der Waals surface area contributed by atoms with Gasteiger partial charge in [0.15, 0.2) is 0 Å². The minimum Gasteiger partial charge on any atom is -0.490 e. The molecule has 19 heavy (non-hydrogen) atoms. The molecule has 3 rings (SSSR count). The average Bonchev–Trinajstić information content (AvgIpc) is 2.68. The van der Waals surface area contributed by atoms with E-state index < -0.39 is 6.10 Å². The van der Waals surface area contributed by atoms with Crippen molar-refractivity contribution in [3.05, 3.63) is 28.8 Å². The highest BCUT2D eigenvalue weighted by molar-refractivity contribution is 6.30. The van der Waals surface area contributed by atoms with Crippen LogP contribution in [0.5, 0.6) is 5.75 Å². The number of aliphatic hydroxyl groups excluding tert-OH is 1. The van der Waals surface area contributed by atoms with E-state index >= 15 is 0 Å². The first kappa shape index (κ1) is 13.3. The topological polar surface area (TPSA) is 29.5 Å². The van der Waals surface area contributed by atoms with Crippen LogP contribution in [0.25, 0.3) is 0 Å². The summed E-state index contributed by atoms with van der Waals surface area (Å²) in [5.41, 5.74) is 0.845. The van der Waals surface area contributed by atoms with Crippen LogP contribution >= 0.6 is 11.6 Å². The van der Waals surface area contributed by atoms with Crippen LogP contribution in [0.15, 0.2) is 18.2 Å². The Hall–Kier alpha value is -0.730. The van der Waals surface area contributed by atoms with Gasteiger partial charge in [-0.1, -0.05) is 37.3 Å². The predicted octanol–water partition coefficient (Wildman–Crippen LogP) is 4.49. The molecule has 1 unspecified atom stereocenters. The fraction of sp³-hybridized carbons (Fsp3) is 0.625. The van der Waals surface area contributed by atoms with Crippen LogP contribution in [0, 0.1) is 5.92 Å². The second-order valence-corrected chi connectivity index (χ2v) is 6.28. The Morgan fingerprint density at radius 1 is 1.11 bits per heavy atom. The van der Waals surface area contributed by atoms with Crippen LogP contribution in [-0.2, 0) is 0 Å². The van der Waals surface area contributed by atoms with Crippen LogP contribution in [-0.4, -0.2) is 11.2 Å². The Morgan fingerprint density at radius 3 is 2.58 bits per heavy atom. The molecule has 1 heterocycles. The lowest BCUT2D eigenvalue weighted by Gasteiger charge is -2.34. The Kier molecular flexibility index (Phi) is 3.99. The number of halogens is 1. The fourth-order valence-electron chi connectivity index (χ4n) is 3.42.